The van der Waals surface area contributed by atoms with Gasteiger partial charge in [-0.1, -0.05) is 6.42 Å². The van der Waals surface area contributed by atoms with E-state index < -0.39 is 0 Å². The van der Waals surface area contributed by atoms with Crippen LogP contribution in [0.25, 0.3) is 0 Å². The third-order valence-electron chi connectivity index (χ3n) is 5.20. The summed E-state index contributed by atoms with van der Waals surface area (Å²) in [5, 5.41) is 8.00. The van der Waals surface area contributed by atoms with E-state index in [1.807, 2.05) is 6.20 Å². The summed E-state index contributed by atoms with van der Waals surface area (Å²) in [5.74, 6) is 0.891. The van der Waals surface area contributed by atoms with Gasteiger partial charge in [0, 0.05) is 24.8 Å². The second kappa shape index (κ2) is 6.93. The maximum atomic E-state index is 4.50. The number of likely N-dealkylation sites (tertiary alicyclic amines) is 1. The molecular weight excluding hydrogens is 260 g/mol. The topological polar surface area (TPSA) is 33.1 Å². The number of aromatic nitrogens is 2. The van der Waals surface area contributed by atoms with Gasteiger partial charge in [-0.15, -0.1) is 0 Å². The largest absolute Gasteiger partial charge is 0.317 e. The lowest BCUT2D eigenvalue weighted by molar-refractivity contribution is 0.0750. The highest BCUT2D eigenvalue weighted by Gasteiger charge is 2.31. The van der Waals surface area contributed by atoms with Gasteiger partial charge in [-0.2, -0.15) is 5.10 Å². The Morgan fingerprint density at radius 3 is 2.81 bits per heavy atom. The zero-order chi connectivity index (χ0) is 14.7. The van der Waals surface area contributed by atoms with Crippen LogP contribution in [-0.2, 0) is 6.54 Å². The molecule has 0 aromatic carbocycles. The van der Waals surface area contributed by atoms with Crippen LogP contribution in [0.5, 0.6) is 0 Å². The lowest BCUT2D eigenvalue weighted by Crippen LogP contribution is -2.47. The SMILES string of the molecule is CC(C)n1nccc1CN1CCCCC1C1CCNCC1. The van der Waals surface area contributed by atoms with Gasteiger partial charge in [0.1, 0.15) is 0 Å². The van der Waals surface area contributed by atoms with Crippen molar-refractivity contribution in [2.45, 2.75) is 64.6 Å². The molecule has 0 spiro atoms. The Morgan fingerprint density at radius 2 is 2.05 bits per heavy atom. The van der Waals surface area contributed by atoms with Crippen LogP contribution >= 0.6 is 0 Å². The minimum absolute atomic E-state index is 0.456. The highest BCUT2D eigenvalue weighted by molar-refractivity contribution is 5.03. The van der Waals surface area contributed by atoms with Crippen LogP contribution in [-0.4, -0.2) is 40.4 Å². The maximum absolute atomic E-state index is 4.50. The van der Waals surface area contributed by atoms with Crippen molar-refractivity contribution in [3.63, 3.8) is 0 Å². The van der Waals surface area contributed by atoms with Crippen molar-refractivity contribution >= 4 is 0 Å². The Balaban J connectivity index is 1.70. The summed E-state index contributed by atoms with van der Waals surface area (Å²) in [7, 11) is 0. The molecule has 3 heterocycles. The van der Waals surface area contributed by atoms with Gasteiger partial charge in [0.2, 0.25) is 0 Å². The fourth-order valence-electron chi connectivity index (χ4n) is 4.12. The van der Waals surface area contributed by atoms with Gasteiger partial charge in [0.15, 0.2) is 0 Å². The minimum atomic E-state index is 0.456. The third-order valence-corrected chi connectivity index (χ3v) is 5.20. The van der Waals surface area contributed by atoms with Crippen LogP contribution in [0, 0.1) is 5.92 Å². The summed E-state index contributed by atoms with van der Waals surface area (Å²) in [6.07, 6.45) is 8.82. The number of nitrogens with zero attached hydrogens (tertiary/aromatic N) is 3. The average Bonchev–Trinajstić information content (AvgIpc) is 2.97. The Labute approximate surface area is 128 Å². The molecule has 1 N–H and O–H groups in total. The first kappa shape index (κ1) is 15.0. The zero-order valence-electron chi connectivity index (χ0n) is 13.6. The van der Waals surface area contributed by atoms with Crippen molar-refractivity contribution in [3.8, 4) is 0 Å². The molecule has 0 amide bonds. The Morgan fingerprint density at radius 1 is 1.24 bits per heavy atom. The Bertz CT molecular complexity index is 434. The molecule has 2 saturated heterocycles. The number of piperidine rings is 2. The summed E-state index contributed by atoms with van der Waals surface area (Å²) in [6, 6.07) is 3.45. The van der Waals surface area contributed by atoms with Crippen molar-refractivity contribution in [1.29, 1.82) is 0 Å². The van der Waals surface area contributed by atoms with E-state index in [1.54, 1.807) is 0 Å². The normalized spacial score (nSPS) is 25.6. The van der Waals surface area contributed by atoms with Gasteiger partial charge < -0.3 is 5.32 Å². The van der Waals surface area contributed by atoms with E-state index >= 15 is 0 Å². The predicted octanol–water partition coefficient (Wildman–Crippen LogP) is 2.82. The lowest BCUT2D eigenvalue weighted by atomic mass is 9.84. The molecule has 0 radical (unpaired) electrons. The first-order valence-corrected chi connectivity index (χ1v) is 8.73. The van der Waals surface area contributed by atoms with E-state index in [1.165, 1.54) is 57.4 Å². The van der Waals surface area contributed by atoms with Crippen molar-refractivity contribution in [2.24, 2.45) is 5.92 Å². The molecule has 1 aromatic rings. The van der Waals surface area contributed by atoms with Gasteiger partial charge >= 0.3 is 0 Å². The van der Waals surface area contributed by atoms with Crippen molar-refractivity contribution < 1.29 is 0 Å². The summed E-state index contributed by atoms with van der Waals surface area (Å²) < 4.78 is 2.19. The van der Waals surface area contributed by atoms with E-state index in [0.29, 0.717) is 6.04 Å². The molecule has 118 valence electrons. The first-order valence-electron chi connectivity index (χ1n) is 8.73. The Hall–Kier alpha value is -0.870. The van der Waals surface area contributed by atoms with Gasteiger partial charge in [-0.25, -0.2) is 0 Å². The van der Waals surface area contributed by atoms with Crippen LogP contribution < -0.4 is 5.32 Å². The molecule has 2 aliphatic rings. The number of hydrogen-bond acceptors (Lipinski definition) is 3. The second-order valence-electron chi connectivity index (χ2n) is 6.98. The predicted molar refractivity (Wildman–Crippen MR) is 86.3 cm³/mol. The molecule has 0 aliphatic carbocycles. The molecule has 1 aromatic heterocycles. The molecular formula is C17H30N4. The summed E-state index contributed by atoms with van der Waals surface area (Å²) in [5.41, 5.74) is 1.38. The monoisotopic (exact) mass is 290 g/mol. The van der Waals surface area contributed by atoms with Crippen LogP contribution in [0.15, 0.2) is 12.3 Å². The average molecular weight is 290 g/mol. The van der Waals surface area contributed by atoms with Crippen molar-refractivity contribution in [1.82, 2.24) is 20.0 Å². The van der Waals surface area contributed by atoms with E-state index in [9.17, 15) is 0 Å². The fraction of sp³-hybridized carbons (Fsp3) is 0.824. The van der Waals surface area contributed by atoms with Gasteiger partial charge in [-0.05, 0) is 71.1 Å². The minimum Gasteiger partial charge on any atom is -0.317 e. The van der Waals surface area contributed by atoms with E-state index in [-0.39, 0.29) is 0 Å². The van der Waals surface area contributed by atoms with Crippen molar-refractivity contribution in [3.05, 3.63) is 18.0 Å². The van der Waals surface area contributed by atoms with E-state index in [2.05, 4.69) is 39.9 Å². The second-order valence-corrected chi connectivity index (χ2v) is 6.98. The van der Waals surface area contributed by atoms with Crippen LogP contribution in [0.4, 0.5) is 0 Å². The van der Waals surface area contributed by atoms with Gasteiger partial charge in [-0.3, -0.25) is 9.58 Å². The molecule has 0 saturated carbocycles. The number of rotatable bonds is 4. The summed E-state index contributed by atoms with van der Waals surface area (Å²) in [6.45, 7) is 9.19. The smallest absolute Gasteiger partial charge is 0.0527 e. The molecule has 3 rings (SSSR count). The van der Waals surface area contributed by atoms with Crippen molar-refractivity contribution in [2.75, 3.05) is 19.6 Å². The first-order chi connectivity index (χ1) is 10.3. The quantitative estimate of drug-likeness (QED) is 0.925. The molecule has 21 heavy (non-hydrogen) atoms. The summed E-state index contributed by atoms with van der Waals surface area (Å²) >= 11 is 0. The summed E-state index contributed by atoms with van der Waals surface area (Å²) in [4.78, 5) is 2.75. The number of nitrogens with one attached hydrogen (secondary N) is 1. The third kappa shape index (κ3) is 3.49. The molecule has 2 aliphatic heterocycles. The fourth-order valence-corrected chi connectivity index (χ4v) is 4.12. The van der Waals surface area contributed by atoms with E-state index in [0.717, 1.165) is 18.5 Å². The highest BCUT2D eigenvalue weighted by Crippen LogP contribution is 2.30. The van der Waals surface area contributed by atoms with Crippen LogP contribution in [0.1, 0.15) is 57.7 Å². The molecule has 1 atom stereocenters. The van der Waals surface area contributed by atoms with E-state index in [4.69, 9.17) is 0 Å². The molecule has 4 nitrogen and oxygen atoms in total. The maximum Gasteiger partial charge on any atom is 0.0527 e. The van der Waals surface area contributed by atoms with Gasteiger partial charge in [0.25, 0.3) is 0 Å². The van der Waals surface area contributed by atoms with Crippen LogP contribution in [0.3, 0.4) is 0 Å². The highest BCUT2D eigenvalue weighted by atomic mass is 15.3. The molecule has 2 fully saturated rings. The Kier molecular flexibility index (Phi) is 4.96. The van der Waals surface area contributed by atoms with Gasteiger partial charge in [0.05, 0.1) is 5.69 Å². The standard InChI is InChI=1S/C17H30N4/c1-14(2)21-16(8-11-19-21)13-20-12-4-3-5-17(20)15-6-9-18-10-7-15/h8,11,14-15,17-18H,3-7,9-10,12-13H2,1-2H3. The van der Waals surface area contributed by atoms with Crippen LogP contribution in [0.2, 0.25) is 0 Å². The zero-order valence-corrected chi connectivity index (χ0v) is 13.6. The molecule has 0 bridgehead atoms. The molecule has 4 heteroatoms. The lowest BCUT2D eigenvalue weighted by Gasteiger charge is -2.42. The molecule has 1 unspecified atom stereocenters. The number of hydrogen-bond donors (Lipinski definition) is 1.